The Labute approximate surface area is 125 Å². The second-order valence-corrected chi connectivity index (χ2v) is 5.56. The fourth-order valence-electron chi connectivity index (χ4n) is 2.54. The largest absolute Gasteiger partial charge is 0.396 e. The molecule has 1 aliphatic heterocycles. The molecule has 2 amide bonds. The molecule has 1 heterocycles. The SMILES string of the molecule is Cc1ccc(N2CCCC2=O)c(C(=O)NC(C)CCO)c1. The first kappa shape index (κ1) is 15.5. The molecule has 0 spiro atoms. The van der Waals surface area contributed by atoms with Crippen LogP contribution in [0.4, 0.5) is 5.69 Å². The van der Waals surface area contributed by atoms with Gasteiger partial charge < -0.3 is 15.3 Å². The minimum absolute atomic E-state index is 0.0345. The summed E-state index contributed by atoms with van der Waals surface area (Å²) in [6, 6.07) is 5.45. The van der Waals surface area contributed by atoms with Crippen molar-refractivity contribution in [2.24, 2.45) is 0 Å². The van der Waals surface area contributed by atoms with E-state index >= 15 is 0 Å². The average Bonchev–Trinajstić information content (AvgIpc) is 2.85. The molecule has 0 radical (unpaired) electrons. The lowest BCUT2D eigenvalue weighted by molar-refractivity contribution is -0.117. The predicted octanol–water partition coefficient (Wildman–Crippen LogP) is 1.62. The van der Waals surface area contributed by atoms with E-state index in [0.717, 1.165) is 12.0 Å². The van der Waals surface area contributed by atoms with E-state index in [1.807, 2.05) is 32.0 Å². The molecule has 0 bridgehead atoms. The van der Waals surface area contributed by atoms with E-state index in [1.54, 1.807) is 4.90 Å². The van der Waals surface area contributed by atoms with Crippen LogP contribution < -0.4 is 10.2 Å². The smallest absolute Gasteiger partial charge is 0.253 e. The van der Waals surface area contributed by atoms with Gasteiger partial charge in [0.2, 0.25) is 5.91 Å². The molecular weight excluding hydrogens is 268 g/mol. The summed E-state index contributed by atoms with van der Waals surface area (Å²) >= 11 is 0. The molecule has 0 aliphatic carbocycles. The molecule has 2 rings (SSSR count). The van der Waals surface area contributed by atoms with E-state index in [-0.39, 0.29) is 24.5 Å². The third-order valence-corrected chi connectivity index (χ3v) is 3.70. The maximum atomic E-state index is 12.4. The van der Waals surface area contributed by atoms with Crippen LogP contribution in [0.3, 0.4) is 0 Å². The van der Waals surface area contributed by atoms with Crippen LogP contribution in [0.5, 0.6) is 0 Å². The second-order valence-electron chi connectivity index (χ2n) is 5.56. The molecule has 1 fully saturated rings. The molecule has 1 atom stereocenters. The molecule has 1 aromatic rings. The summed E-state index contributed by atoms with van der Waals surface area (Å²) in [5.74, 6) is -0.134. The van der Waals surface area contributed by atoms with Gasteiger partial charge in [0, 0.05) is 25.6 Å². The molecule has 1 aromatic carbocycles. The van der Waals surface area contributed by atoms with E-state index in [4.69, 9.17) is 5.11 Å². The van der Waals surface area contributed by atoms with Gasteiger partial charge in [-0.25, -0.2) is 0 Å². The van der Waals surface area contributed by atoms with Crippen molar-refractivity contribution in [2.45, 2.75) is 39.2 Å². The number of aryl methyl sites for hydroxylation is 1. The Kier molecular flexibility index (Phi) is 4.96. The fraction of sp³-hybridized carbons (Fsp3) is 0.500. The number of amides is 2. The first-order valence-electron chi connectivity index (χ1n) is 7.35. The van der Waals surface area contributed by atoms with Gasteiger partial charge in [0.05, 0.1) is 11.3 Å². The number of hydrogen-bond acceptors (Lipinski definition) is 3. The number of nitrogens with one attached hydrogen (secondary N) is 1. The topological polar surface area (TPSA) is 69.6 Å². The summed E-state index contributed by atoms with van der Waals surface area (Å²) in [7, 11) is 0. The first-order chi connectivity index (χ1) is 10.0. The number of carbonyl (C=O) groups is 2. The van der Waals surface area contributed by atoms with E-state index in [1.165, 1.54) is 0 Å². The van der Waals surface area contributed by atoms with Gasteiger partial charge >= 0.3 is 0 Å². The summed E-state index contributed by atoms with van der Waals surface area (Å²) in [6.07, 6.45) is 1.88. The van der Waals surface area contributed by atoms with Crippen molar-refractivity contribution in [3.05, 3.63) is 29.3 Å². The molecule has 1 unspecified atom stereocenters. The van der Waals surface area contributed by atoms with Crippen molar-refractivity contribution in [3.8, 4) is 0 Å². The van der Waals surface area contributed by atoms with Crippen LogP contribution in [0.15, 0.2) is 18.2 Å². The molecule has 2 N–H and O–H groups in total. The van der Waals surface area contributed by atoms with Crippen LogP contribution in [-0.2, 0) is 4.79 Å². The van der Waals surface area contributed by atoms with E-state index < -0.39 is 0 Å². The minimum Gasteiger partial charge on any atom is -0.396 e. The van der Waals surface area contributed by atoms with Crippen LogP contribution in [0.1, 0.15) is 42.1 Å². The minimum atomic E-state index is -0.200. The Bertz CT molecular complexity index is 542. The highest BCUT2D eigenvalue weighted by atomic mass is 16.3. The van der Waals surface area contributed by atoms with Crippen molar-refractivity contribution in [1.82, 2.24) is 5.32 Å². The number of hydrogen-bond donors (Lipinski definition) is 2. The van der Waals surface area contributed by atoms with Gasteiger partial charge in [-0.2, -0.15) is 0 Å². The van der Waals surface area contributed by atoms with E-state index in [0.29, 0.717) is 30.6 Å². The summed E-state index contributed by atoms with van der Waals surface area (Å²) < 4.78 is 0. The molecule has 5 nitrogen and oxygen atoms in total. The van der Waals surface area contributed by atoms with Crippen LogP contribution in [0, 0.1) is 6.92 Å². The average molecular weight is 290 g/mol. The van der Waals surface area contributed by atoms with Crippen molar-refractivity contribution in [1.29, 1.82) is 0 Å². The van der Waals surface area contributed by atoms with Crippen LogP contribution >= 0.6 is 0 Å². The van der Waals surface area contributed by atoms with Crippen molar-refractivity contribution < 1.29 is 14.7 Å². The van der Waals surface area contributed by atoms with Gasteiger partial charge in [-0.15, -0.1) is 0 Å². The Morgan fingerprint density at radius 1 is 1.48 bits per heavy atom. The maximum absolute atomic E-state index is 12.4. The molecule has 21 heavy (non-hydrogen) atoms. The number of carbonyl (C=O) groups excluding carboxylic acids is 2. The number of anilines is 1. The van der Waals surface area contributed by atoms with Gasteiger partial charge in [-0.05, 0) is 38.8 Å². The third-order valence-electron chi connectivity index (χ3n) is 3.70. The molecule has 1 aliphatic rings. The quantitative estimate of drug-likeness (QED) is 0.866. The highest BCUT2D eigenvalue weighted by Crippen LogP contribution is 2.26. The zero-order valence-corrected chi connectivity index (χ0v) is 12.6. The Hall–Kier alpha value is -1.88. The number of aliphatic hydroxyl groups excluding tert-OH is 1. The van der Waals surface area contributed by atoms with Crippen molar-refractivity contribution >= 4 is 17.5 Å². The summed E-state index contributed by atoms with van der Waals surface area (Å²) in [4.78, 5) is 26.0. The molecular formula is C16H22N2O3. The van der Waals surface area contributed by atoms with E-state index in [2.05, 4.69) is 5.32 Å². The van der Waals surface area contributed by atoms with Gasteiger partial charge in [0.1, 0.15) is 0 Å². The van der Waals surface area contributed by atoms with Gasteiger partial charge in [-0.1, -0.05) is 11.6 Å². The highest BCUT2D eigenvalue weighted by Gasteiger charge is 2.26. The lowest BCUT2D eigenvalue weighted by atomic mass is 10.1. The number of nitrogens with zero attached hydrogens (tertiary/aromatic N) is 1. The first-order valence-corrected chi connectivity index (χ1v) is 7.35. The number of benzene rings is 1. The Balaban J connectivity index is 2.26. The van der Waals surface area contributed by atoms with Crippen molar-refractivity contribution in [2.75, 3.05) is 18.1 Å². The molecule has 0 saturated carbocycles. The number of aliphatic hydroxyl groups is 1. The maximum Gasteiger partial charge on any atom is 0.253 e. The van der Waals surface area contributed by atoms with Gasteiger partial charge in [0.15, 0.2) is 0 Å². The zero-order valence-electron chi connectivity index (χ0n) is 12.6. The van der Waals surface area contributed by atoms with Crippen molar-refractivity contribution in [3.63, 3.8) is 0 Å². The predicted molar refractivity (Wildman–Crippen MR) is 81.4 cm³/mol. The molecule has 114 valence electrons. The number of rotatable bonds is 5. The fourth-order valence-corrected chi connectivity index (χ4v) is 2.54. The molecule has 0 aromatic heterocycles. The summed E-state index contributed by atoms with van der Waals surface area (Å²) in [5.41, 5.74) is 2.18. The Morgan fingerprint density at radius 3 is 2.86 bits per heavy atom. The van der Waals surface area contributed by atoms with Crippen LogP contribution in [0.25, 0.3) is 0 Å². The monoisotopic (exact) mass is 290 g/mol. The van der Waals surface area contributed by atoms with Gasteiger partial charge in [-0.3, -0.25) is 9.59 Å². The van der Waals surface area contributed by atoms with Gasteiger partial charge in [0.25, 0.3) is 5.91 Å². The zero-order chi connectivity index (χ0) is 15.4. The second kappa shape index (κ2) is 6.72. The van der Waals surface area contributed by atoms with E-state index in [9.17, 15) is 9.59 Å². The van der Waals surface area contributed by atoms with Crippen LogP contribution in [-0.4, -0.2) is 36.1 Å². The Morgan fingerprint density at radius 2 is 2.24 bits per heavy atom. The molecule has 5 heteroatoms. The summed E-state index contributed by atoms with van der Waals surface area (Å²) in [6.45, 7) is 4.47. The summed E-state index contributed by atoms with van der Waals surface area (Å²) in [5, 5.41) is 11.8. The lowest BCUT2D eigenvalue weighted by Gasteiger charge is -2.21. The lowest BCUT2D eigenvalue weighted by Crippen LogP contribution is -2.35. The standard InChI is InChI=1S/C16H22N2O3/c1-11-5-6-14(18-8-3-4-15(18)20)13(10-11)16(21)17-12(2)7-9-19/h5-6,10,12,19H,3-4,7-9H2,1-2H3,(H,17,21). The third kappa shape index (κ3) is 3.61. The normalized spacial score (nSPS) is 16.1. The highest BCUT2D eigenvalue weighted by molar-refractivity contribution is 6.05. The van der Waals surface area contributed by atoms with Crippen LogP contribution in [0.2, 0.25) is 0 Å². The molecule has 1 saturated heterocycles.